The highest BCUT2D eigenvalue weighted by molar-refractivity contribution is 6.73. The van der Waals surface area contributed by atoms with E-state index in [0.29, 0.717) is 6.42 Å². The summed E-state index contributed by atoms with van der Waals surface area (Å²) in [6.07, 6.45) is -1.60. The maximum Gasteiger partial charge on any atom is 0.192 e. The third-order valence-corrected chi connectivity index (χ3v) is 9.18. The van der Waals surface area contributed by atoms with Gasteiger partial charge in [0.25, 0.3) is 0 Å². The van der Waals surface area contributed by atoms with Gasteiger partial charge in [-0.25, -0.2) is 0 Å². The second-order valence-corrected chi connectivity index (χ2v) is 10.7. The Balaban J connectivity index is 4.52. The molecule has 20 heavy (non-hydrogen) atoms. The molecule has 0 aromatic rings. The zero-order valence-electron chi connectivity index (χ0n) is 13.8. The van der Waals surface area contributed by atoms with Crippen molar-refractivity contribution in [2.45, 2.75) is 84.4 Å². The summed E-state index contributed by atoms with van der Waals surface area (Å²) in [7, 11) is -1.64. The molecule has 0 radical (unpaired) electrons. The van der Waals surface area contributed by atoms with Crippen molar-refractivity contribution in [3.63, 3.8) is 0 Å². The van der Waals surface area contributed by atoms with E-state index >= 15 is 0 Å². The van der Waals surface area contributed by atoms with E-state index in [1.807, 2.05) is 13.8 Å². The molecule has 0 spiro atoms. The van der Waals surface area contributed by atoms with Crippen LogP contribution in [0, 0.1) is 5.92 Å². The van der Waals surface area contributed by atoms with Gasteiger partial charge in [0.1, 0.15) is 6.10 Å². The first-order valence-corrected chi connectivity index (χ1v) is 10.3. The summed E-state index contributed by atoms with van der Waals surface area (Å²) in [6.45, 7) is 11.7. The van der Waals surface area contributed by atoms with Gasteiger partial charge in [-0.15, -0.1) is 0 Å². The van der Waals surface area contributed by atoms with Crippen molar-refractivity contribution in [3.8, 4) is 0 Å². The number of carbonyl (C=O) groups is 1. The summed E-state index contributed by atoms with van der Waals surface area (Å²) < 4.78 is 6.31. The Morgan fingerprint density at radius 1 is 1.10 bits per heavy atom. The smallest absolute Gasteiger partial charge is 0.192 e. The van der Waals surface area contributed by atoms with Crippen molar-refractivity contribution in [1.82, 2.24) is 0 Å². The number of hydrogen-bond acceptors (Lipinski definition) is 4. The van der Waals surface area contributed by atoms with Gasteiger partial charge in [0.15, 0.2) is 14.1 Å². The van der Waals surface area contributed by atoms with Crippen molar-refractivity contribution < 1.29 is 19.4 Å². The Bertz CT molecular complexity index is 283. The van der Waals surface area contributed by atoms with E-state index in [2.05, 4.69) is 20.8 Å². The van der Waals surface area contributed by atoms with Crippen molar-refractivity contribution >= 4 is 14.1 Å². The summed E-state index contributed by atoms with van der Waals surface area (Å²) in [5.41, 5.74) is 0. The molecule has 0 amide bonds. The number of rotatable bonds is 10. The summed E-state index contributed by atoms with van der Waals surface area (Å²) in [6, 6.07) is 3.28. The van der Waals surface area contributed by atoms with Crippen LogP contribution < -0.4 is 0 Å². The molecule has 0 aliphatic heterocycles. The molecule has 0 aliphatic rings. The van der Waals surface area contributed by atoms with Gasteiger partial charge in [0, 0.05) is 6.10 Å². The van der Waals surface area contributed by atoms with Crippen molar-refractivity contribution in [1.29, 1.82) is 0 Å². The number of aliphatic hydroxyl groups is 2. The van der Waals surface area contributed by atoms with Crippen molar-refractivity contribution in [2.75, 3.05) is 0 Å². The average Bonchev–Trinajstić information content (AvgIpc) is 2.42. The lowest BCUT2D eigenvalue weighted by atomic mass is 9.93. The van der Waals surface area contributed by atoms with E-state index < -0.39 is 26.3 Å². The third kappa shape index (κ3) is 5.64. The van der Waals surface area contributed by atoms with E-state index in [1.165, 1.54) is 6.92 Å². The first-order chi connectivity index (χ1) is 9.22. The van der Waals surface area contributed by atoms with Gasteiger partial charge < -0.3 is 14.6 Å². The number of hydrogen-bond donors (Lipinski definition) is 2. The summed E-state index contributed by atoms with van der Waals surface area (Å²) >= 11 is 0. The van der Waals surface area contributed by atoms with Crippen molar-refractivity contribution in [2.24, 2.45) is 5.92 Å². The van der Waals surface area contributed by atoms with Crippen LogP contribution >= 0.6 is 0 Å². The van der Waals surface area contributed by atoms with Crippen LogP contribution in [-0.4, -0.2) is 42.6 Å². The van der Waals surface area contributed by atoms with Gasteiger partial charge in [-0.3, -0.25) is 4.79 Å². The molecule has 0 fully saturated rings. The molecule has 4 atom stereocenters. The molecule has 0 heterocycles. The Hall–Kier alpha value is -0.233. The molecule has 0 bridgehead atoms. The van der Waals surface area contributed by atoms with Gasteiger partial charge in [0.05, 0.1) is 6.10 Å². The maximum absolute atomic E-state index is 11.1. The topological polar surface area (TPSA) is 66.8 Å². The minimum Gasteiger partial charge on any atom is -0.414 e. The number of ketones is 1. The number of carbonyl (C=O) groups excluding carboxylic acids is 1. The Labute approximate surface area is 124 Å². The van der Waals surface area contributed by atoms with Gasteiger partial charge in [-0.1, -0.05) is 27.7 Å². The summed E-state index contributed by atoms with van der Waals surface area (Å²) in [5, 5.41) is 19.6. The zero-order chi connectivity index (χ0) is 15.9. The van der Waals surface area contributed by atoms with E-state index in [1.54, 1.807) is 0 Å². The van der Waals surface area contributed by atoms with Crippen LogP contribution in [0.25, 0.3) is 0 Å². The fourth-order valence-corrected chi connectivity index (χ4v) is 5.64. The Morgan fingerprint density at radius 2 is 1.55 bits per heavy atom. The SMILES string of the molecule is CC[Si](CC)(CC)O[C@H](C)C[C@@H](C)[C@H](O)[C@@H](O)C(C)=O. The quantitative estimate of drug-likeness (QED) is 0.609. The predicted molar refractivity (Wildman–Crippen MR) is 84.2 cm³/mol. The Kier molecular flexibility index (Phi) is 8.82. The highest BCUT2D eigenvalue weighted by Gasteiger charge is 2.33. The zero-order valence-corrected chi connectivity index (χ0v) is 14.8. The fraction of sp³-hybridized carbons (Fsp3) is 0.933. The average molecular weight is 305 g/mol. The molecule has 2 N–H and O–H groups in total. The van der Waals surface area contributed by atoms with Crippen LogP contribution in [0.4, 0.5) is 0 Å². The lowest BCUT2D eigenvalue weighted by Gasteiger charge is -2.33. The minimum absolute atomic E-state index is 0.0466. The van der Waals surface area contributed by atoms with Gasteiger partial charge in [-0.05, 0) is 44.3 Å². The predicted octanol–water partition coefficient (Wildman–Crippen LogP) is 2.73. The van der Waals surface area contributed by atoms with Crippen LogP contribution in [0.5, 0.6) is 0 Å². The highest BCUT2D eigenvalue weighted by Crippen LogP contribution is 2.26. The van der Waals surface area contributed by atoms with Gasteiger partial charge >= 0.3 is 0 Å². The summed E-state index contributed by atoms with van der Waals surface area (Å²) in [4.78, 5) is 11.1. The molecular weight excluding hydrogens is 272 g/mol. The van der Waals surface area contributed by atoms with Gasteiger partial charge in [-0.2, -0.15) is 0 Å². The van der Waals surface area contributed by atoms with Crippen LogP contribution in [0.3, 0.4) is 0 Å². The van der Waals surface area contributed by atoms with E-state index in [9.17, 15) is 15.0 Å². The third-order valence-electron chi connectivity index (χ3n) is 4.41. The van der Waals surface area contributed by atoms with Crippen LogP contribution in [0.2, 0.25) is 18.1 Å². The second-order valence-electron chi connectivity index (χ2n) is 5.93. The first-order valence-electron chi connectivity index (χ1n) is 7.77. The van der Waals surface area contributed by atoms with E-state index in [0.717, 1.165) is 18.1 Å². The Morgan fingerprint density at radius 3 is 1.90 bits per heavy atom. The first kappa shape index (κ1) is 19.8. The number of aliphatic hydroxyl groups excluding tert-OH is 2. The normalized spacial score (nSPS) is 18.4. The lowest BCUT2D eigenvalue weighted by Crippen LogP contribution is -2.42. The van der Waals surface area contributed by atoms with Crippen LogP contribution in [-0.2, 0) is 9.22 Å². The van der Waals surface area contributed by atoms with E-state index in [-0.39, 0.29) is 12.0 Å². The molecule has 0 aromatic carbocycles. The maximum atomic E-state index is 11.1. The standard InChI is InChI=1S/C15H32O4Si/c1-7-20(8-2,9-3)19-12(5)10-11(4)14(17)15(18)13(6)16/h11-12,14-15,17-18H,7-10H2,1-6H3/t11-,12-,14+,15+/m1/s1. The monoisotopic (exact) mass is 304 g/mol. The summed E-state index contributed by atoms with van der Waals surface area (Å²) in [5.74, 6) is -0.557. The van der Waals surface area contributed by atoms with Gasteiger partial charge in [0.2, 0.25) is 0 Å². The second kappa shape index (κ2) is 8.92. The molecule has 0 saturated carbocycles. The van der Waals surface area contributed by atoms with Crippen LogP contribution in [0.1, 0.15) is 48.0 Å². The molecule has 0 aromatic heterocycles. The minimum atomic E-state index is -1.64. The molecule has 120 valence electrons. The molecule has 0 aliphatic carbocycles. The largest absolute Gasteiger partial charge is 0.414 e. The molecule has 0 saturated heterocycles. The molecule has 0 rings (SSSR count). The van der Waals surface area contributed by atoms with Crippen molar-refractivity contribution in [3.05, 3.63) is 0 Å². The van der Waals surface area contributed by atoms with Crippen LogP contribution in [0.15, 0.2) is 0 Å². The highest BCUT2D eigenvalue weighted by atomic mass is 28.4. The molecule has 4 nitrogen and oxygen atoms in total. The number of Topliss-reactive ketones (excluding diaryl/α,β-unsaturated/α-hetero) is 1. The fourth-order valence-electron chi connectivity index (χ4n) is 2.69. The van der Waals surface area contributed by atoms with E-state index in [4.69, 9.17) is 4.43 Å². The lowest BCUT2D eigenvalue weighted by molar-refractivity contribution is -0.133. The molecule has 5 heteroatoms. The molecular formula is C15H32O4Si. The molecule has 0 unspecified atom stereocenters.